The van der Waals surface area contributed by atoms with Crippen LogP contribution in [0.15, 0.2) is 23.1 Å². The summed E-state index contributed by atoms with van der Waals surface area (Å²) in [5.74, 6) is 0. The molecule has 0 aliphatic carbocycles. The zero-order valence-electron chi connectivity index (χ0n) is 17.8. The summed E-state index contributed by atoms with van der Waals surface area (Å²) in [6.07, 6.45) is 0. The van der Waals surface area contributed by atoms with Crippen LogP contribution >= 0.6 is 0 Å². The van der Waals surface area contributed by atoms with Crippen LogP contribution in [0.25, 0.3) is 0 Å². The fourth-order valence-electron chi connectivity index (χ4n) is 3.60. The molecule has 2 heterocycles. The maximum Gasteiger partial charge on any atom is 0.332 e. The van der Waals surface area contributed by atoms with E-state index in [2.05, 4.69) is 35.9 Å². The number of nitrogens with one attached hydrogen (secondary N) is 2. The average Bonchev–Trinajstić information content (AvgIpc) is 2.72. The minimum absolute atomic E-state index is 0.0380. The standard InChI is InChI=1S/C19H32N6O4S/c1-19(2,3)25-8-6-24(7-9-25)18(26)21-22-30(27,28)15-4-5-16(20)17(14-15)23-10-12-29-13-11-23/h4-5,14,22H,6-13,20H2,1-3H3,(H,21,26). The van der Waals surface area contributed by atoms with Crippen molar-refractivity contribution in [1.29, 1.82) is 0 Å². The van der Waals surface area contributed by atoms with E-state index in [4.69, 9.17) is 10.5 Å². The molecule has 4 N–H and O–H groups in total. The molecule has 168 valence electrons. The second kappa shape index (κ2) is 8.96. The van der Waals surface area contributed by atoms with E-state index in [0.717, 1.165) is 13.1 Å². The van der Waals surface area contributed by atoms with Gasteiger partial charge in [-0.1, -0.05) is 0 Å². The molecule has 0 unspecified atom stereocenters. The fraction of sp³-hybridized carbons (Fsp3) is 0.632. The van der Waals surface area contributed by atoms with Crippen molar-refractivity contribution in [3.8, 4) is 0 Å². The van der Waals surface area contributed by atoms with Crippen LogP contribution in [0.1, 0.15) is 20.8 Å². The van der Waals surface area contributed by atoms with Crippen molar-refractivity contribution in [1.82, 2.24) is 20.1 Å². The average molecular weight is 441 g/mol. The lowest BCUT2D eigenvalue weighted by Crippen LogP contribution is -2.58. The zero-order chi connectivity index (χ0) is 21.9. The number of nitrogen functional groups attached to an aromatic ring is 1. The second-order valence-electron chi connectivity index (χ2n) is 8.50. The lowest BCUT2D eigenvalue weighted by molar-refractivity contribution is 0.0740. The van der Waals surface area contributed by atoms with Crippen molar-refractivity contribution in [3.63, 3.8) is 0 Å². The highest BCUT2D eigenvalue weighted by molar-refractivity contribution is 7.89. The molecule has 11 heteroatoms. The lowest BCUT2D eigenvalue weighted by Gasteiger charge is -2.42. The number of hydrogen-bond acceptors (Lipinski definition) is 7. The Balaban J connectivity index is 1.61. The van der Waals surface area contributed by atoms with Gasteiger partial charge in [-0.15, -0.1) is 4.83 Å². The van der Waals surface area contributed by atoms with Crippen LogP contribution in [0.5, 0.6) is 0 Å². The summed E-state index contributed by atoms with van der Waals surface area (Å²) in [6, 6.07) is 4.05. The summed E-state index contributed by atoms with van der Waals surface area (Å²) in [7, 11) is -3.94. The maximum atomic E-state index is 12.7. The van der Waals surface area contributed by atoms with Crippen molar-refractivity contribution in [2.75, 3.05) is 63.1 Å². The molecule has 3 rings (SSSR count). The predicted molar refractivity (Wildman–Crippen MR) is 116 cm³/mol. The van der Waals surface area contributed by atoms with Crippen molar-refractivity contribution >= 4 is 27.4 Å². The van der Waals surface area contributed by atoms with Gasteiger partial charge in [0.25, 0.3) is 10.0 Å². The predicted octanol–water partition coefficient (Wildman–Crippen LogP) is 0.424. The quantitative estimate of drug-likeness (QED) is 0.458. The monoisotopic (exact) mass is 440 g/mol. The van der Waals surface area contributed by atoms with E-state index in [1.165, 1.54) is 12.1 Å². The van der Waals surface area contributed by atoms with Crippen LogP contribution in [0.3, 0.4) is 0 Å². The van der Waals surface area contributed by atoms with Gasteiger partial charge in [0.2, 0.25) is 0 Å². The molecule has 0 bridgehead atoms. The molecular formula is C19H32N6O4S. The molecule has 0 saturated carbocycles. The summed E-state index contributed by atoms with van der Waals surface area (Å²) in [5.41, 5.74) is 9.55. The van der Waals surface area contributed by atoms with Crippen molar-refractivity contribution in [2.24, 2.45) is 0 Å². The van der Waals surface area contributed by atoms with Crippen LogP contribution in [0, 0.1) is 0 Å². The number of sulfonamides is 1. The van der Waals surface area contributed by atoms with Crippen LogP contribution in [0.4, 0.5) is 16.2 Å². The van der Waals surface area contributed by atoms with Crippen LogP contribution < -0.4 is 20.9 Å². The molecular weight excluding hydrogens is 408 g/mol. The Morgan fingerprint density at radius 2 is 1.70 bits per heavy atom. The Bertz CT molecular complexity index is 856. The number of benzene rings is 1. The Morgan fingerprint density at radius 1 is 1.07 bits per heavy atom. The molecule has 1 aromatic rings. The first-order valence-electron chi connectivity index (χ1n) is 10.1. The number of carbonyl (C=O) groups excluding carboxylic acids is 1. The molecule has 30 heavy (non-hydrogen) atoms. The number of morpholine rings is 1. The van der Waals surface area contributed by atoms with Gasteiger partial charge in [-0.05, 0) is 39.0 Å². The number of hydrazine groups is 1. The molecule has 2 saturated heterocycles. The number of amides is 2. The number of ether oxygens (including phenoxy) is 1. The number of nitrogens with zero attached hydrogens (tertiary/aromatic N) is 3. The minimum Gasteiger partial charge on any atom is -0.397 e. The molecule has 0 radical (unpaired) electrons. The maximum absolute atomic E-state index is 12.7. The minimum atomic E-state index is -3.94. The van der Waals surface area contributed by atoms with Crippen molar-refractivity contribution < 1.29 is 17.9 Å². The van der Waals surface area contributed by atoms with Gasteiger partial charge in [-0.2, -0.15) is 0 Å². The number of rotatable bonds is 4. The summed E-state index contributed by atoms with van der Waals surface area (Å²) < 4.78 is 30.8. The Kier molecular flexibility index (Phi) is 6.75. The third-order valence-electron chi connectivity index (χ3n) is 5.47. The number of anilines is 2. The summed E-state index contributed by atoms with van der Waals surface area (Å²) >= 11 is 0. The van der Waals surface area contributed by atoms with Crippen LogP contribution in [-0.4, -0.2) is 82.3 Å². The molecule has 0 spiro atoms. The first kappa shape index (κ1) is 22.6. The SMILES string of the molecule is CC(C)(C)N1CCN(C(=O)NNS(=O)(=O)c2ccc(N)c(N3CCOCC3)c2)CC1. The number of nitrogens with two attached hydrogens (primary N) is 1. The van der Waals surface area contributed by atoms with Crippen LogP contribution in [-0.2, 0) is 14.8 Å². The summed E-state index contributed by atoms with van der Waals surface area (Å²) in [5, 5.41) is 0. The molecule has 10 nitrogen and oxygen atoms in total. The van der Waals surface area contributed by atoms with E-state index in [0.29, 0.717) is 50.8 Å². The third-order valence-corrected chi connectivity index (χ3v) is 6.72. The van der Waals surface area contributed by atoms with Gasteiger partial charge in [0, 0.05) is 44.8 Å². The topological polar surface area (TPSA) is 120 Å². The molecule has 2 amide bonds. The van der Waals surface area contributed by atoms with E-state index in [9.17, 15) is 13.2 Å². The number of carbonyl (C=O) groups is 1. The Hall–Kier alpha value is -2.08. The van der Waals surface area contributed by atoms with Gasteiger partial charge in [-0.3, -0.25) is 10.3 Å². The first-order chi connectivity index (χ1) is 14.1. The van der Waals surface area contributed by atoms with Crippen molar-refractivity contribution in [2.45, 2.75) is 31.2 Å². The van der Waals surface area contributed by atoms with E-state index < -0.39 is 16.1 Å². The zero-order valence-corrected chi connectivity index (χ0v) is 18.7. The van der Waals surface area contributed by atoms with Gasteiger partial charge in [-0.25, -0.2) is 13.2 Å². The largest absolute Gasteiger partial charge is 0.397 e. The van der Waals surface area contributed by atoms with Gasteiger partial charge < -0.3 is 20.3 Å². The molecule has 2 fully saturated rings. The molecule has 2 aliphatic rings. The van der Waals surface area contributed by atoms with Gasteiger partial charge in [0.1, 0.15) is 0 Å². The fourth-order valence-corrected chi connectivity index (χ4v) is 4.45. The highest BCUT2D eigenvalue weighted by Crippen LogP contribution is 2.27. The highest BCUT2D eigenvalue weighted by atomic mass is 32.2. The molecule has 0 aromatic heterocycles. The van der Waals surface area contributed by atoms with E-state index in [-0.39, 0.29) is 10.4 Å². The van der Waals surface area contributed by atoms with E-state index in [1.54, 1.807) is 11.0 Å². The Morgan fingerprint density at radius 3 is 2.30 bits per heavy atom. The number of urea groups is 1. The number of piperazine rings is 1. The smallest absolute Gasteiger partial charge is 0.332 e. The van der Waals surface area contributed by atoms with Gasteiger partial charge in [0.05, 0.1) is 29.5 Å². The van der Waals surface area contributed by atoms with Crippen LogP contribution in [0.2, 0.25) is 0 Å². The highest BCUT2D eigenvalue weighted by Gasteiger charge is 2.28. The van der Waals surface area contributed by atoms with E-state index in [1.807, 2.05) is 4.90 Å². The molecule has 0 atom stereocenters. The van der Waals surface area contributed by atoms with Crippen molar-refractivity contribution in [3.05, 3.63) is 18.2 Å². The first-order valence-corrected chi connectivity index (χ1v) is 11.6. The molecule has 2 aliphatic heterocycles. The Labute approximate surface area is 178 Å². The normalized spacial score (nSPS) is 19.0. The lowest BCUT2D eigenvalue weighted by atomic mass is 10.1. The summed E-state index contributed by atoms with van der Waals surface area (Å²) in [6.45, 7) is 11.4. The summed E-state index contributed by atoms with van der Waals surface area (Å²) in [4.78, 5) is 20.6. The van der Waals surface area contributed by atoms with Gasteiger partial charge in [0.15, 0.2) is 0 Å². The van der Waals surface area contributed by atoms with E-state index >= 15 is 0 Å². The third kappa shape index (κ3) is 5.34. The molecule has 1 aromatic carbocycles. The number of hydrogen-bond donors (Lipinski definition) is 3. The van der Waals surface area contributed by atoms with Gasteiger partial charge >= 0.3 is 6.03 Å². The second-order valence-corrected chi connectivity index (χ2v) is 10.2.